The van der Waals surface area contributed by atoms with Crippen molar-refractivity contribution >= 4 is 5.91 Å². The maximum atomic E-state index is 12.9. The number of halogens is 1. The third-order valence-electron chi connectivity index (χ3n) is 4.43. The lowest BCUT2D eigenvalue weighted by atomic mass is 9.91. The molecule has 1 fully saturated rings. The van der Waals surface area contributed by atoms with E-state index in [1.807, 2.05) is 11.8 Å². The minimum Gasteiger partial charge on any atom is -0.394 e. The van der Waals surface area contributed by atoms with Gasteiger partial charge in [0.25, 0.3) is 0 Å². The summed E-state index contributed by atoms with van der Waals surface area (Å²) >= 11 is 0. The van der Waals surface area contributed by atoms with Gasteiger partial charge in [0.2, 0.25) is 5.91 Å². The number of hydrogen-bond donors (Lipinski definition) is 1. The van der Waals surface area contributed by atoms with Gasteiger partial charge < -0.3 is 10.0 Å². The fourth-order valence-corrected chi connectivity index (χ4v) is 3.04. The van der Waals surface area contributed by atoms with Crippen LogP contribution in [-0.2, 0) is 4.79 Å². The average molecular weight is 293 g/mol. The average Bonchev–Trinajstić information content (AvgIpc) is 2.47. The van der Waals surface area contributed by atoms with Gasteiger partial charge in [0.05, 0.1) is 12.6 Å². The molecule has 2 rings (SSSR count). The predicted molar refractivity (Wildman–Crippen MR) is 80.4 cm³/mol. The summed E-state index contributed by atoms with van der Waals surface area (Å²) in [5.74, 6) is 0.429. The Hall–Kier alpha value is -1.42. The molecule has 0 aromatic heterocycles. The first kappa shape index (κ1) is 16.0. The quantitative estimate of drug-likeness (QED) is 0.927. The highest BCUT2D eigenvalue weighted by atomic mass is 19.1. The Labute approximate surface area is 125 Å². The maximum Gasteiger partial charge on any atom is 0.223 e. The first-order valence-electron chi connectivity index (χ1n) is 7.67. The summed E-state index contributed by atoms with van der Waals surface area (Å²) in [7, 11) is 0. The van der Waals surface area contributed by atoms with Gasteiger partial charge in [-0.15, -0.1) is 0 Å². The Balaban J connectivity index is 1.98. The first-order chi connectivity index (χ1) is 10.0. The Morgan fingerprint density at radius 3 is 2.71 bits per heavy atom. The van der Waals surface area contributed by atoms with Crippen LogP contribution in [0, 0.1) is 11.7 Å². The fourth-order valence-electron chi connectivity index (χ4n) is 3.04. The van der Waals surface area contributed by atoms with Gasteiger partial charge >= 0.3 is 0 Å². The normalized spacial score (nSPS) is 23.9. The largest absolute Gasteiger partial charge is 0.394 e. The second-order valence-corrected chi connectivity index (χ2v) is 6.21. The Bertz CT molecular complexity index is 474. The number of benzene rings is 1. The summed E-state index contributed by atoms with van der Waals surface area (Å²) in [5.41, 5.74) is 0.968. The van der Waals surface area contributed by atoms with Crippen molar-refractivity contribution in [1.82, 2.24) is 4.90 Å². The maximum absolute atomic E-state index is 12.9. The van der Waals surface area contributed by atoms with E-state index in [2.05, 4.69) is 6.92 Å². The third kappa shape index (κ3) is 4.03. The van der Waals surface area contributed by atoms with Crippen LogP contribution in [0.4, 0.5) is 4.39 Å². The molecule has 1 amide bonds. The molecule has 3 atom stereocenters. The predicted octanol–water partition coefficient (Wildman–Crippen LogP) is 2.94. The van der Waals surface area contributed by atoms with Crippen molar-refractivity contribution in [2.24, 2.45) is 5.92 Å². The second-order valence-electron chi connectivity index (χ2n) is 6.21. The molecule has 3 nitrogen and oxygen atoms in total. The van der Waals surface area contributed by atoms with Crippen LogP contribution in [0.1, 0.15) is 44.6 Å². The molecule has 0 radical (unpaired) electrons. The summed E-state index contributed by atoms with van der Waals surface area (Å²) in [4.78, 5) is 14.3. The highest BCUT2D eigenvalue weighted by Gasteiger charge is 2.29. The molecule has 1 unspecified atom stereocenters. The number of likely N-dealkylation sites (tertiary alicyclic amines) is 1. The van der Waals surface area contributed by atoms with Gasteiger partial charge in [-0.05, 0) is 42.4 Å². The molecular weight excluding hydrogens is 269 g/mol. The number of amides is 1. The van der Waals surface area contributed by atoms with Crippen LogP contribution < -0.4 is 0 Å². The van der Waals surface area contributed by atoms with E-state index in [-0.39, 0.29) is 30.3 Å². The van der Waals surface area contributed by atoms with Crippen molar-refractivity contribution in [3.05, 3.63) is 35.6 Å². The molecule has 4 heteroatoms. The molecule has 0 spiro atoms. The molecule has 0 aliphatic carbocycles. The zero-order chi connectivity index (χ0) is 15.4. The lowest BCUT2D eigenvalue weighted by Gasteiger charge is -2.38. The molecular formula is C17H24FNO2. The van der Waals surface area contributed by atoms with Crippen molar-refractivity contribution in [3.63, 3.8) is 0 Å². The van der Waals surface area contributed by atoms with Crippen LogP contribution in [0.5, 0.6) is 0 Å². The molecule has 1 saturated heterocycles. The number of aliphatic hydroxyl groups is 1. The van der Waals surface area contributed by atoms with Crippen molar-refractivity contribution in [3.8, 4) is 0 Å². The highest BCUT2D eigenvalue weighted by molar-refractivity contribution is 5.77. The number of carbonyl (C=O) groups excluding carboxylic acids is 1. The summed E-state index contributed by atoms with van der Waals surface area (Å²) in [5, 5.41) is 9.47. The summed E-state index contributed by atoms with van der Waals surface area (Å²) < 4.78 is 12.9. The topological polar surface area (TPSA) is 40.5 Å². The van der Waals surface area contributed by atoms with Crippen LogP contribution in [0.25, 0.3) is 0 Å². The molecule has 0 bridgehead atoms. The van der Waals surface area contributed by atoms with E-state index in [0.717, 1.165) is 24.9 Å². The first-order valence-corrected chi connectivity index (χ1v) is 7.67. The van der Waals surface area contributed by atoms with Crippen molar-refractivity contribution in [1.29, 1.82) is 0 Å². The molecule has 1 aliphatic heterocycles. The van der Waals surface area contributed by atoms with Gasteiger partial charge in [-0.2, -0.15) is 0 Å². The van der Waals surface area contributed by atoms with Crippen LogP contribution in [0.15, 0.2) is 24.3 Å². The smallest absolute Gasteiger partial charge is 0.223 e. The van der Waals surface area contributed by atoms with Gasteiger partial charge in [0.1, 0.15) is 5.82 Å². The molecule has 1 N–H and O–H groups in total. The van der Waals surface area contributed by atoms with Crippen molar-refractivity contribution < 1.29 is 14.3 Å². The molecule has 116 valence electrons. The minimum absolute atomic E-state index is 0.0288. The van der Waals surface area contributed by atoms with Gasteiger partial charge in [-0.25, -0.2) is 4.39 Å². The Morgan fingerprint density at radius 1 is 1.43 bits per heavy atom. The zero-order valence-corrected chi connectivity index (χ0v) is 12.8. The number of nitrogens with zero attached hydrogens (tertiary/aromatic N) is 1. The molecule has 21 heavy (non-hydrogen) atoms. The van der Waals surface area contributed by atoms with Crippen LogP contribution in [0.3, 0.4) is 0 Å². The van der Waals surface area contributed by atoms with Gasteiger partial charge in [0.15, 0.2) is 0 Å². The van der Waals surface area contributed by atoms with E-state index in [0.29, 0.717) is 12.3 Å². The number of hydrogen-bond acceptors (Lipinski definition) is 2. The number of aliphatic hydroxyl groups excluding tert-OH is 1. The molecule has 1 heterocycles. The van der Waals surface area contributed by atoms with E-state index in [4.69, 9.17) is 0 Å². The van der Waals surface area contributed by atoms with Crippen LogP contribution in [0.2, 0.25) is 0 Å². The van der Waals surface area contributed by atoms with Crippen molar-refractivity contribution in [2.45, 2.75) is 45.1 Å². The monoisotopic (exact) mass is 293 g/mol. The van der Waals surface area contributed by atoms with E-state index < -0.39 is 0 Å². The van der Waals surface area contributed by atoms with Crippen LogP contribution >= 0.6 is 0 Å². The zero-order valence-electron chi connectivity index (χ0n) is 12.8. The number of rotatable bonds is 4. The summed E-state index contributed by atoms with van der Waals surface area (Å²) in [6, 6.07) is 6.26. The molecule has 1 aromatic rings. The van der Waals surface area contributed by atoms with E-state index in [1.165, 1.54) is 12.1 Å². The van der Waals surface area contributed by atoms with Crippen molar-refractivity contribution in [2.75, 3.05) is 13.2 Å². The second kappa shape index (κ2) is 7.03. The Kier molecular flexibility index (Phi) is 5.34. The number of piperidine rings is 1. The molecule has 1 aliphatic rings. The highest BCUT2D eigenvalue weighted by Crippen LogP contribution is 2.26. The number of carbonyl (C=O) groups is 1. The standard InChI is InChI=1S/C17H24FNO2/c1-12-7-8-19(16(9-12)11-20)17(21)10-13(2)14-3-5-15(18)6-4-14/h3-6,12-13,16,20H,7-11H2,1-2H3/t12-,13?,16+/m1/s1. The minimum atomic E-state index is -0.261. The van der Waals surface area contributed by atoms with E-state index in [1.54, 1.807) is 12.1 Å². The molecule has 0 saturated carbocycles. The van der Waals surface area contributed by atoms with E-state index in [9.17, 15) is 14.3 Å². The lowest BCUT2D eigenvalue weighted by Crippen LogP contribution is -2.47. The van der Waals surface area contributed by atoms with Gasteiger partial charge in [0, 0.05) is 13.0 Å². The van der Waals surface area contributed by atoms with Crippen LogP contribution in [-0.4, -0.2) is 35.1 Å². The summed E-state index contributed by atoms with van der Waals surface area (Å²) in [6.45, 7) is 4.89. The third-order valence-corrected chi connectivity index (χ3v) is 4.43. The fraction of sp³-hybridized carbons (Fsp3) is 0.588. The van der Waals surface area contributed by atoms with Gasteiger partial charge in [-0.3, -0.25) is 4.79 Å². The Morgan fingerprint density at radius 2 is 2.10 bits per heavy atom. The van der Waals surface area contributed by atoms with Gasteiger partial charge in [-0.1, -0.05) is 26.0 Å². The van der Waals surface area contributed by atoms with E-state index >= 15 is 0 Å². The SMILES string of the molecule is CC(CC(=O)N1CC[C@@H](C)C[C@H]1CO)c1ccc(F)cc1. The summed E-state index contributed by atoms with van der Waals surface area (Å²) in [6.07, 6.45) is 2.26. The molecule has 1 aromatic carbocycles. The lowest BCUT2D eigenvalue weighted by molar-refractivity contribution is -0.137.